The second-order valence-corrected chi connectivity index (χ2v) is 3.69. The van der Waals surface area contributed by atoms with Crippen LogP contribution in [0.1, 0.15) is 12.0 Å². The van der Waals surface area contributed by atoms with Crippen molar-refractivity contribution in [3.8, 4) is 0 Å². The van der Waals surface area contributed by atoms with Crippen LogP contribution in [0.3, 0.4) is 0 Å². The third-order valence-corrected chi connectivity index (χ3v) is 2.69. The summed E-state index contributed by atoms with van der Waals surface area (Å²) in [6.07, 6.45) is 3.36. The highest BCUT2D eigenvalue weighted by molar-refractivity contribution is 6.32. The molecule has 2 heteroatoms. The molecule has 0 unspecified atom stereocenters. The number of hydrogen-bond acceptors (Lipinski definition) is 1. The van der Waals surface area contributed by atoms with Crippen LogP contribution in [0.25, 0.3) is 5.70 Å². The highest BCUT2D eigenvalue weighted by atomic mass is 35.5. The molecule has 0 saturated heterocycles. The van der Waals surface area contributed by atoms with Gasteiger partial charge in [0, 0.05) is 29.9 Å². The van der Waals surface area contributed by atoms with Crippen LogP contribution in [-0.2, 0) is 0 Å². The van der Waals surface area contributed by atoms with E-state index in [0.717, 1.165) is 23.6 Å². The van der Waals surface area contributed by atoms with E-state index in [1.807, 2.05) is 18.2 Å². The van der Waals surface area contributed by atoms with Crippen LogP contribution >= 0.6 is 11.6 Å². The molecule has 1 heterocycles. The lowest BCUT2D eigenvalue weighted by Gasteiger charge is -2.16. The van der Waals surface area contributed by atoms with Crippen molar-refractivity contribution in [2.45, 2.75) is 6.42 Å². The van der Waals surface area contributed by atoms with Crippen molar-refractivity contribution in [3.05, 3.63) is 40.9 Å². The molecule has 1 aliphatic heterocycles. The first-order valence-corrected chi connectivity index (χ1v) is 4.83. The minimum absolute atomic E-state index is 0.836. The normalized spacial score (nSPS) is 16.2. The van der Waals surface area contributed by atoms with E-state index in [2.05, 4.69) is 24.1 Å². The summed E-state index contributed by atoms with van der Waals surface area (Å²) >= 11 is 6.10. The van der Waals surface area contributed by atoms with E-state index in [1.54, 1.807) is 0 Å². The SMILES string of the molecule is CN1CCC=C1c1ccccc1Cl. The smallest absolute Gasteiger partial charge is 0.0499 e. The Labute approximate surface area is 83.6 Å². The molecule has 2 rings (SSSR count). The van der Waals surface area contributed by atoms with Gasteiger partial charge in [-0.3, -0.25) is 0 Å². The quantitative estimate of drug-likeness (QED) is 0.663. The number of nitrogens with zero attached hydrogens (tertiary/aromatic N) is 1. The van der Waals surface area contributed by atoms with Crippen molar-refractivity contribution in [2.75, 3.05) is 13.6 Å². The summed E-state index contributed by atoms with van der Waals surface area (Å²) < 4.78 is 0. The minimum atomic E-state index is 0.836. The van der Waals surface area contributed by atoms with Crippen molar-refractivity contribution in [1.29, 1.82) is 0 Å². The fraction of sp³-hybridized carbons (Fsp3) is 0.273. The van der Waals surface area contributed by atoms with Crippen LogP contribution in [-0.4, -0.2) is 18.5 Å². The van der Waals surface area contributed by atoms with Gasteiger partial charge in [0.05, 0.1) is 0 Å². The summed E-state index contributed by atoms with van der Waals surface area (Å²) in [7, 11) is 2.10. The largest absolute Gasteiger partial charge is 0.374 e. The number of halogens is 1. The van der Waals surface area contributed by atoms with E-state index in [1.165, 1.54) is 5.70 Å². The Hall–Kier alpha value is -0.950. The Kier molecular flexibility index (Phi) is 2.28. The predicted molar refractivity (Wildman–Crippen MR) is 56.7 cm³/mol. The van der Waals surface area contributed by atoms with Gasteiger partial charge in [-0.2, -0.15) is 0 Å². The molecule has 13 heavy (non-hydrogen) atoms. The topological polar surface area (TPSA) is 3.24 Å². The Bertz CT molecular complexity index is 344. The lowest BCUT2D eigenvalue weighted by molar-refractivity contribution is 0.517. The second-order valence-electron chi connectivity index (χ2n) is 3.28. The van der Waals surface area contributed by atoms with Crippen LogP contribution in [0, 0.1) is 0 Å². The van der Waals surface area contributed by atoms with Crippen molar-refractivity contribution in [3.63, 3.8) is 0 Å². The molecular formula is C11H12ClN. The zero-order valence-corrected chi connectivity index (χ0v) is 8.38. The summed E-state index contributed by atoms with van der Waals surface area (Å²) in [6.45, 7) is 1.10. The molecule has 0 amide bonds. The van der Waals surface area contributed by atoms with E-state index in [0.29, 0.717) is 0 Å². The molecule has 1 aromatic rings. The monoisotopic (exact) mass is 193 g/mol. The average molecular weight is 194 g/mol. The summed E-state index contributed by atoms with van der Waals surface area (Å²) in [6, 6.07) is 7.98. The third kappa shape index (κ3) is 1.56. The van der Waals surface area contributed by atoms with Crippen molar-refractivity contribution >= 4 is 17.3 Å². The first kappa shape index (κ1) is 8.64. The Balaban J connectivity index is 2.40. The Morgan fingerprint density at radius 2 is 2.08 bits per heavy atom. The van der Waals surface area contributed by atoms with Gasteiger partial charge in [-0.05, 0) is 12.5 Å². The maximum Gasteiger partial charge on any atom is 0.0499 e. The Morgan fingerprint density at radius 1 is 1.31 bits per heavy atom. The van der Waals surface area contributed by atoms with Gasteiger partial charge in [-0.1, -0.05) is 35.9 Å². The van der Waals surface area contributed by atoms with Gasteiger partial charge in [0.15, 0.2) is 0 Å². The number of rotatable bonds is 1. The molecule has 0 fully saturated rings. The fourth-order valence-electron chi connectivity index (χ4n) is 1.66. The molecule has 0 atom stereocenters. The lowest BCUT2D eigenvalue weighted by atomic mass is 10.1. The predicted octanol–water partition coefficient (Wildman–Crippen LogP) is 3.02. The van der Waals surface area contributed by atoms with Gasteiger partial charge in [0.25, 0.3) is 0 Å². The summed E-state index contributed by atoms with van der Waals surface area (Å²) in [4.78, 5) is 2.24. The molecule has 1 aromatic carbocycles. The highest BCUT2D eigenvalue weighted by Crippen LogP contribution is 2.28. The fourth-order valence-corrected chi connectivity index (χ4v) is 1.89. The standard InChI is InChI=1S/C11H12ClN/c1-13-8-4-7-11(13)9-5-2-3-6-10(9)12/h2-3,5-7H,4,8H2,1H3. The van der Waals surface area contributed by atoms with Crippen molar-refractivity contribution < 1.29 is 0 Å². The molecule has 68 valence electrons. The summed E-state index contributed by atoms with van der Waals surface area (Å²) in [5.41, 5.74) is 2.40. The maximum atomic E-state index is 6.10. The van der Waals surface area contributed by atoms with Crippen LogP contribution in [0.15, 0.2) is 30.3 Å². The first-order chi connectivity index (χ1) is 6.29. The molecule has 0 aliphatic carbocycles. The van der Waals surface area contributed by atoms with Crippen molar-refractivity contribution in [1.82, 2.24) is 4.90 Å². The average Bonchev–Trinajstić information content (AvgIpc) is 2.52. The van der Waals surface area contributed by atoms with E-state index < -0.39 is 0 Å². The zero-order chi connectivity index (χ0) is 9.26. The molecule has 1 nitrogen and oxygen atoms in total. The summed E-state index contributed by atoms with van der Waals surface area (Å²) in [5, 5.41) is 0.836. The third-order valence-electron chi connectivity index (χ3n) is 2.36. The molecular weight excluding hydrogens is 182 g/mol. The van der Waals surface area contributed by atoms with E-state index in [4.69, 9.17) is 11.6 Å². The van der Waals surface area contributed by atoms with Gasteiger partial charge < -0.3 is 4.90 Å². The first-order valence-electron chi connectivity index (χ1n) is 4.45. The lowest BCUT2D eigenvalue weighted by Crippen LogP contribution is -2.12. The summed E-state index contributed by atoms with van der Waals surface area (Å²) in [5.74, 6) is 0. The molecule has 0 spiro atoms. The van der Waals surface area contributed by atoms with Crippen LogP contribution in [0.4, 0.5) is 0 Å². The van der Waals surface area contributed by atoms with Gasteiger partial charge in [0.2, 0.25) is 0 Å². The van der Waals surface area contributed by atoms with Gasteiger partial charge >= 0.3 is 0 Å². The maximum absolute atomic E-state index is 6.10. The molecule has 0 aromatic heterocycles. The van der Waals surface area contributed by atoms with E-state index >= 15 is 0 Å². The van der Waals surface area contributed by atoms with E-state index in [-0.39, 0.29) is 0 Å². The molecule has 1 aliphatic rings. The van der Waals surface area contributed by atoms with Gasteiger partial charge in [0.1, 0.15) is 0 Å². The molecule has 0 N–H and O–H groups in total. The van der Waals surface area contributed by atoms with E-state index in [9.17, 15) is 0 Å². The Morgan fingerprint density at radius 3 is 2.69 bits per heavy atom. The second kappa shape index (κ2) is 3.43. The van der Waals surface area contributed by atoms with Crippen molar-refractivity contribution in [2.24, 2.45) is 0 Å². The van der Waals surface area contributed by atoms with Crippen LogP contribution in [0.5, 0.6) is 0 Å². The van der Waals surface area contributed by atoms with Crippen LogP contribution in [0.2, 0.25) is 5.02 Å². The molecule has 0 saturated carbocycles. The minimum Gasteiger partial charge on any atom is -0.374 e. The number of benzene rings is 1. The highest BCUT2D eigenvalue weighted by Gasteiger charge is 2.14. The van der Waals surface area contributed by atoms with Gasteiger partial charge in [-0.25, -0.2) is 0 Å². The molecule has 0 radical (unpaired) electrons. The zero-order valence-electron chi connectivity index (χ0n) is 7.63. The number of hydrogen-bond donors (Lipinski definition) is 0. The molecule has 0 bridgehead atoms. The van der Waals surface area contributed by atoms with Crippen LogP contribution < -0.4 is 0 Å². The van der Waals surface area contributed by atoms with Gasteiger partial charge in [-0.15, -0.1) is 0 Å².